The van der Waals surface area contributed by atoms with Crippen molar-refractivity contribution < 1.29 is 58.2 Å². The molecule has 1 aromatic heterocycles. The zero-order valence-corrected chi connectivity index (χ0v) is 45.8. The highest BCUT2D eigenvalue weighted by atomic mass is 32.2. The first-order valence-corrected chi connectivity index (χ1v) is 27.1. The Morgan fingerprint density at radius 3 is 1.66 bits per heavy atom. The van der Waals surface area contributed by atoms with Crippen LogP contribution in [0, 0.1) is 17.8 Å². The van der Waals surface area contributed by atoms with Crippen LogP contribution in [0.1, 0.15) is 111 Å². The molecule has 0 aliphatic heterocycles. The van der Waals surface area contributed by atoms with Gasteiger partial charge in [-0.25, -0.2) is 9.78 Å². The fourth-order valence-electron chi connectivity index (χ4n) is 7.78. The third-order valence-corrected chi connectivity index (χ3v) is 12.7. The molecule has 0 fully saturated rings. The van der Waals surface area contributed by atoms with E-state index in [0.29, 0.717) is 42.8 Å². The highest BCUT2D eigenvalue weighted by Gasteiger charge is 2.36. The number of nitrogens with two attached hydrogens (primary N) is 2. The molecule has 0 aliphatic carbocycles. The fraction of sp³-hybridized carbons (Fsp3) is 0.627. The maximum atomic E-state index is 14.3. The van der Waals surface area contributed by atoms with Crippen LogP contribution in [-0.2, 0) is 60.8 Å². The van der Waals surface area contributed by atoms with Crippen molar-refractivity contribution in [2.24, 2.45) is 29.2 Å². The van der Waals surface area contributed by atoms with Crippen LogP contribution >= 0.6 is 11.8 Å². The molecule has 2 aromatic rings. The number of aliphatic carboxylic acids is 2. The van der Waals surface area contributed by atoms with Crippen molar-refractivity contribution in [3.63, 3.8) is 0 Å². The Hall–Kier alpha value is -6.60. The second-order valence-corrected chi connectivity index (χ2v) is 21.0. The summed E-state index contributed by atoms with van der Waals surface area (Å²) in [5, 5.41) is 40.3. The number of aromatic nitrogens is 2. The van der Waals surface area contributed by atoms with Crippen LogP contribution in [0.4, 0.5) is 0 Å². The molecule has 76 heavy (non-hydrogen) atoms. The number of carbonyl (C=O) groups excluding carboxylic acids is 8. The molecule has 0 bridgehead atoms. The number of aromatic amines is 1. The zero-order chi connectivity index (χ0) is 57.1. The molecular weight excluding hydrogens is 1000 g/mol. The molecule has 0 spiro atoms. The van der Waals surface area contributed by atoms with Crippen LogP contribution in [-0.4, -0.2) is 152 Å². The van der Waals surface area contributed by atoms with Crippen LogP contribution in [0.3, 0.4) is 0 Å². The molecule has 0 unspecified atom stereocenters. The van der Waals surface area contributed by atoms with E-state index in [4.69, 9.17) is 11.5 Å². The molecule has 9 atom stereocenters. The number of unbranched alkanes of at least 4 members (excludes halogenated alkanes) is 1. The number of nitrogens with zero attached hydrogens (tertiary/aromatic N) is 1. The summed E-state index contributed by atoms with van der Waals surface area (Å²) in [6, 6.07) is -2.62. The van der Waals surface area contributed by atoms with Crippen molar-refractivity contribution in [3.05, 3.63) is 54.1 Å². The van der Waals surface area contributed by atoms with Gasteiger partial charge in [-0.05, 0) is 87.3 Å². The Balaban J connectivity index is 2.36. The Morgan fingerprint density at radius 2 is 1.11 bits per heavy atom. The maximum Gasteiger partial charge on any atom is 0.326 e. The lowest BCUT2D eigenvalue weighted by Crippen LogP contribution is -2.61. The molecule has 2 rings (SSSR count). The van der Waals surface area contributed by atoms with Gasteiger partial charge in [-0.3, -0.25) is 43.2 Å². The highest BCUT2D eigenvalue weighted by Crippen LogP contribution is 2.13. The van der Waals surface area contributed by atoms with E-state index < -0.39 is 132 Å². The number of nitrogens with one attached hydrogen (secondary N) is 9. The molecule has 1 aromatic carbocycles. The molecule has 0 aliphatic rings. The molecule has 1 heterocycles. The lowest BCUT2D eigenvalue weighted by Gasteiger charge is -2.29. The first-order chi connectivity index (χ1) is 35.9. The van der Waals surface area contributed by atoms with Crippen molar-refractivity contribution >= 4 is 71.0 Å². The van der Waals surface area contributed by atoms with Gasteiger partial charge < -0.3 is 69.2 Å². The SMILES string of the molecule is CSCC[C@H](NC(=O)[C@@H](N)CCCCN)C(=O)N[C@@H](C)C(=O)N[C@@H](CCC(=O)O)C(=O)N[C@@H](CC(C)C)C(=O)N[C@H](C(=O)N[C@@H](Cc1cnc[nH]1)C(=O)N[C@@H](Cc1ccccc1)C(=O)N[C@@H](CC(C)C)C(=O)O)C(C)C. The van der Waals surface area contributed by atoms with Gasteiger partial charge in [0.2, 0.25) is 47.3 Å². The number of hydrogen-bond acceptors (Lipinski definition) is 14. The topological polar surface area (TPSA) is 388 Å². The molecule has 0 saturated heterocycles. The summed E-state index contributed by atoms with van der Waals surface area (Å²) in [5.41, 5.74) is 12.7. The number of carbonyl (C=O) groups is 10. The number of amides is 8. The number of imidazole rings is 1. The van der Waals surface area contributed by atoms with E-state index in [1.807, 2.05) is 6.26 Å². The molecule has 8 amide bonds. The minimum Gasteiger partial charge on any atom is -0.481 e. The number of carboxylic acids is 2. The van der Waals surface area contributed by atoms with Gasteiger partial charge in [-0.1, -0.05) is 78.3 Å². The second-order valence-electron chi connectivity index (χ2n) is 20.0. The summed E-state index contributed by atoms with van der Waals surface area (Å²) in [5.74, 6) is -9.26. The number of H-pyrrole nitrogens is 1. The number of rotatable bonds is 36. The summed E-state index contributed by atoms with van der Waals surface area (Å²) in [4.78, 5) is 141. The van der Waals surface area contributed by atoms with Gasteiger partial charge in [0.25, 0.3) is 0 Å². The molecule has 0 radical (unpaired) electrons. The lowest BCUT2D eigenvalue weighted by atomic mass is 9.98. The Bertz CT molecular complexity index is 2200. The van der Waals surface area contributed by atoms with E-state index in [1.165, 1.54) is 31.2 Å². The molecule has 24 nitrogen and oxygen atoms in total. The fourth-order valence-corrected chi connectivity index (χ4v) is 8.25. The standard InChI is InChI=1S/C51H82N12O12S/c1-28(2)22-37(59-46(69)35(17-18-41(64)65)57-43(66)31(7)56-45(68)36(19-21-76-8)58-44(67)34(53)16-12-13-20-52)49(72)63-42(30(5)6)50(73)61-39(25-33-26-54-27-55-33)48(71)60-38(24-32-14-10-9-11-15-32)47(70)62-40(51(74)75)23-29(3)4/h9-11,14-15,26-31,34-40,42H,12-13,16-25,52-53H2,1-8H3,(H,54,55)(H,56,68)(H,57,66)(H,58,67)(H,59,69)(H,60,71)(H,61,73)(H,62,70)(H,63,72)(H,64,65)(H,74,75)/t31-,34-,35-,36-,37-,38-,39-,40-,42-/m0/s1. The van der Waals surface area contributed by atoms with E-state index in [0.717, 1.165) is 0 Å². The number of benzene rings is 1. The van der Waals surface area contributed by atoms with E-state index in [-0.39, 0.29) is 43.9 Å². The predicted octanol–water partition coefficient (Wildman–Crippen LogP) is 0.000200. The van der Waals surface area contributed by atoms with Crippen LogP contribution in [0.25, 0.3) is 0 Å². The molecular formula is C51H82N12O12S. The highest BCUT2D eigenvalue weighted by molar-refractivity contribution is 7.98. The van der Waals surface area contributed by atoms with Crippen LogP contribution in [0.15, 0.2) is 42.9 Å². The van der Waals surface area contributed by atoms with Gasteiger partial charge in [0.15, 0.2) is 0 Å². The van der Waals surface area contributed by atoms with Crippen molar-refractivity contribution in [2.75, 3.05) is 18.6 Å². The Kier molecular flexibility index (Phi) is 29.4. The van der Waals surface area contributed by atoms with Crippen molar-refractivity contribution in [2.45, 2.75) is 167 Å². The van der Waals surface area contributed by atoms with E-state index in [1.54, 1.807) is 71.9 Å². The summed E-state index contributed by atoms with van der Waals surface area (Å²) < 4.78 is 0. The summed E-state index contributed by atoms with van der Waals surface area (Å²) in [6.45, 7) is 12.2. The summed E-state index contributed by atoms with van der Waals surface area (Å²) in [6.07, 6.45) is 5.41. The maximum absolute atomic E-state index is 14.3. The van der Waals surface area contributed by atoms with Crippen molar-refractivity contribution in [1.82, 2.24) is 52.5 Å². The van der Waals surface area contributed by atoms with Gasteiger partial charge in [-0.2, -0.15) is 11.8 Å². The lowest BCUT2D eigenvalue weighted by molar-refractivity contribution is -0.143. The van der Waals surface area contributed by atoms with Gasteiger partial charge in [-0.15, -0.1) is 0 Å². The van der Waals surface area contributed by atoms with Gasteiger partial charge in [0, 0.05) is 31.2 Å². The quantitative estimate of drug-likeness (QED) is 0.0400. The summed E-state index contributed by atoms with van der Waals surface area (Å²) in [7, 11) is 0. The third kappa shape index (κ3) is 24.4. The van der Waals surface area contributed by atoms with E-state index >= 15 is 0 Å². The molecule has 0 saturated carbocycles. The minimum atomic E-state index is -1.52. The normalized spacial score (nSPS) is 14.9. The number of carboxylic acid groups (broad SMARTS) is 2. The van der Waals surface area contributed by atoms with Crippen LogP contribution < -0.4 is 54.0 Å². The second kappa shape index (κ2) is 34.1. The molecule has 25 heteroatoms. The average Bonchev–Trinajstić information content (AvgIpc) is 3.87. The van der Waals surface area contributed by atoms with E-state index in [9.17, 15) is 58.2 Å². The van der Waals surface area contributed by atoms with E-state index in [2.05, 4.69) is 52.5 Å². The largest absolute Gasteiger partial charge is 0.481 e. The third-order valence-electron chi connectivity index (χ3n) is 12.0. The average molecular weight is 1090 g/mol. The first-order valence-electron chi connectivity index (χ1n) is 25.7. The minimum absolute atomic E-state index is 0.0194. The Labute approximate surface area is 449 Å². The molecule has 424 valence electrons. The van der Waals surface area contributed by atoms with Crippen LogP contribution in [0.5, 0.6) is 0 Å². The van der Waals surface area contributed by atoms with Gasteiger partial charge in [0.1, 0.15) is 48.3 Å². The number of hydrogen-bond donors (Lipinski definition) is 13. The summed E-state index contributed by atoms with van der Waals surface area (Å²) >= 11 is 1.43. The van der Waals surface area contributed by atoms with Gasteiger partial charge in [0.05, 0.1) is 12.4 Å². The van der Waals surface area contributed by atoms with Crippen molar-refractivity contribution in [1.29, 1.82) is 0 Å². The molecule has 15 N–H and O–H groups in total. The first kappa shape index (κ1) is 65.5. The van der Waals surface area contributed by atoms with Crippen LogP contribution in [0.2, 0.25) is 0 Å². The van der Waals surface area contributed by atoms with Crippen molar-refractivity contribution in [3.8, 4) is 0 Å². The predicted molar refractivity (Wildman–Crippen MR) is 286 cm³/mol. The Morgan fingerprint density at radius 1 is 0.592 bits per heavy atom. The smallest absolute Gasteiger partial charge is 0.326 e. The monoisotopic (exact) mass is 1090 g/mol. The number of thioether (sulfide) groups is 1. The van der Waals surface area contributed by atoms with Gasteiger partial charge >= 0.3 is 11.9 Å². The zero-order valence-electron chi connectivity index (χ0n) is 44.9.